The Labute approximate surface area is 144 Å². The second kappa shape index (κ2) is 6.57. The van der Waals surface area contributed by atoms with E-state index in [2.05, 4.69) is 36.9 Å². The van der Waals surface area contributed by atoms with E-state index in [0.717, 1.165) is 11.3 Å². The highest BCUT2D eigenvalue weighted by Gasteiger charge is 2.32. The number of rotatable bonds is 3. The van der Waals surface area contributed by atoms with Crippen LogP contribution < -0.4 is 4.90 Å². The van der Waals surface area contributed by atoms with Crippen molar-refractivity contribution in [3.8, 4) is 0 Å². The molecule has 1 aliphatic heterocycles. The highest BCUT2D eigenvalue weighted by atomic mass is 32.2. The number of hydrogen-bond donors (Lipinski definition) is 0. The maximum absolute atomic E-state index is 12.9. The van der Waals surface area contributed by atoms with Gasteiger partial charge < -0.3 is 4.90 Å². The molecule has 1 fully saturated rings. The summed E-state index contributed by atoms with van der Waals surface area (Å²) in [5, 5.41) is 0. The van der Waals surface area contributed by atoms with E-state index in [-0.39, 0.29) is 6.04 Å². The maximum atomic E-state index is 12.9. The van der Waals surface area contributed by atoms with Gasteiger partial charge in [0, 0.05) is 31.4 Å². The summed E-state index contributed by atoms with van der Waals surface area (Å²) >= 11 is 0. The largest absolute Gasteiger partial charge is 0.366 e. The van der Waals surface area contributed by atoms with E-state index in [9.17, 15) is 8.42 Å². The second-order valence-electron chi connectivity index (χ2n) is 6.56. The van der Waals surface area contributed by atoms with Crippen molar-refractivity contribution < 1.29 is 8.42 Å². The summed E-state index contributed by atoms with van der Waals surface area (Å²) in [4.78, 5) is 2.67. The van der Waals surface area contributed by atoms with Crippen LogP contribution in [0.15, 0.2) is 53.4 Å². The molecule has 0 bridgehead atoms. The van der Waals surface area contributed by atoms with Crippen LogP contribution in [0.25, 0.3) is 0 Å². The zero-order chi connectivity index (χ0) is 17.3. The average molecular weight is 344 g/mol. The van der Waals surface area contributed by atoms with Crippen LogP contribution >= 0.6 is 0 Å². The molecule has 1 saturated heterocycles. The first-order valence-electron chi connectivity index (χ1n) is 8.28. The average Bonchev–Trinajstić information content (AvgIpc) is 2.54. The van der Waals surface area contributed by atoms with E-state index < -0.39 is 10.0 Å². The van der Waals surface area contributed by atoms with Crippen molar-refractivity contribution in [3.63, 3.8) is 0 Å². The molecule has 0 amide bonds. The van der Waals surface area contributed by atoms with Gasteiger partial charge in [0.25, 0.3) is 0 Å². The first kappa shape index (κ1) is 17.0. The van der Waals surface area contributed by atoms with Gasteiger partial charge >= 0.3 is 0 Å². The van der Waals surface area contributed by atoms with Crippen LogP contribution in [0.5, 0.6) is 0 Å². The molecule has 128 valence electrons. The standard InChI is InChI=1S/C19H24N2O2S/c1-15-6-4-8-18(12-15)21-11-10-20(14-17(21)3)24(22,23)19-9-5-7-16(2)13-19/h4-9,12-13,17H,10-11,14H2,1-3H3. The fraction of sp³-hybridized carbons (Fsp3) is 0.368. The van der Waals surface area contributed by atoms with Gasteiger partial charge in [0.2, 0.25) is 10.0 Å². The molecule has 24 heavy (non-hydrogen) atoms. The number of piperazine rings is 1. The van der Waals surface area contributed by atoms with Gasteiger partial charge in [-0.1, -0.05) is 24.3 Å². The van der Waals surface area contributed by atoms with Gasteiger partial charge in [0.15, 0.2) is 0 Å². The molecule has 0 radical (unpaired) electrons. The summed E-state index contributed by atoms with van der Waals surface area (Å²) in [6.07, 6.45) is 0. The minimum Gasteiger partial charge on any atom is -0.366 e. The Morgan fingerprint density at radius 1 is 0.958 bits per heavy atom. The zero-order valence-corrected chi connectivity index (χ0v) is 15.3. The summed E-state index contributed by atoms with van der Waals surface area (Å²) < 4.78 is 27.4. The Bertz CT molecular complexity index is 833. The lowest BCUT2D eigenvalue weighted by atomic mass is 10.1. The molecule has 0 N–H and O–H groups in total. The lowest BCUT2D eigenvalue weighted by molar-refractivity contribution is 0.342. The Kier molecular flexibility index (Phi) is 4.65. The number of anilines is 1. The van der Waals surface area contributed by atoms with E-state index in [1.54, 1.807) is 22.5 Å². The smallest absolute Gasteiger partial charge is 0.243 e. The normalized spacial score (nSPS) is 19.5. The minimum absolute atomic E-state index is 0.139. The van der Waals surface area contributed by atoms with Crippen molar-refractivity contribution in [3.05, 3.63) is 59.7 Å². The molecule has 4 nitrogen and oxygen atoms in total. The monoisotopic (exact) mass is 344 g/mol. The van der Waals surface area contributed by atoms with E-state index in [4.69, 9.17) is 0 Å². The second-order valence-corrected chi connectivity index (χ2v) is 8.50. The van der Waals surface area contributed by atoms with Crippen LogP contribution in [0, 0.1) is 13.8 Å². The van der Waals surface area contributed by atoms with E-state index in [1.807, 2.05) is 19.1 Å². The molecular formula is C19H24N2O2S. The molecule has 2 aromatic carbocycles. The van der Waals surface area contributed by atoms with Crippen molar-refractivity contribution in [1.82, 2.24) is 4.31 Å². The Morgan fingerprint density at radius 3 is 2.25 bits per heavy atom. The van der Waals surface area contributed by atoms with Crippen LogP contribution in [-0.2, 0) is 10.0 Å². The molecule has 2 aromatic rings. The Hall–Kier alpha value is -1.85. The van der Waals surface area contributed by atoms with E-state index in [0.29, 0.717) is 24.5 Å². The Balaban J connectivity index is 1.80. The van der Waals surface area contributed by atoms with Crippen molar-refractivity contribution in [2.24, 2.45) is 0 Å². The zero-order valence-electron chi connectivity index (χ0n) is 14.4. The summed E-state index contributed by atoms with van der Waals surface area (Å²) in [6.45, 7) is 7.79. The summed E-state index contributed by atoms with van der Waals surface area (Å²) in [5.74, 6) is 0. The first-order valence-corrected chi connectivity index (χ1v) is 9.72. The number of sulfonamides is 1. The van der Waals surface area contributed by atoms with Gasteiger partial charge in [0.1, 0.15) is 0 Å². The van der Waals surface area contributed by atoms with Gasteiger partial charge in [-0.25, -0.2) is 8.42 Å². The molecular weight excluding hydrogens is 320 g/mol. The molecule has 1 unspecified atom stereocenters. The van der Waals surface area contributed by atoms with Gasteiger partial charge in [-0.2, -0.15) is 4.31 Å². The fourth-order valence-electron chi connectivity index (χ4n) is 3.26. The Morgan fingerprint density at radius 2 is 1.62 bits per heavy atom. The lowest BCUT2D eigenvalue weighted by Gasteiger charge is -2.40. The van der Waals surface area contributed by atoms with Gasteiger partial charge in [-0.05, 0) is 56.2 Å². The van der Waals surface area contributed by atoms with Gasteiger partial charge in [0.05, 0.1) is 4.90 Å². The first-order chi connectivity index (χ1) is 11.4. The van der Waals surface area contributed by atoms with Crippen molar-refractivity contribution >= 4 is 15.7 Å². The summed E-state index contributed by atoms with van der Waals surface area (Å²) in [6, 6.07) is 15.6. The third-order valence-corrected chi connectivity index (χ3v) is 6.41. The van der Waals surface area contributed by atoms with Gasteiger partial charge in [-0.3, -0.25) is 0 Å². The predicted molar refractivity (Wildman–Crippen MR) is 97.9 cm³/mol. The highest BCUT2D eigenvalue weighted by Crippen LogP contribution is 2.25. The predicted octanol–water partition coefficient (Wildman–Crippen LogP) is 3.20. The van der Waals surface area contributed by atoms with E-state index in [1.165, 1.54) is 5.56 Å². The van der Waals surface area contributed by atoms with E-state index >= 15 is 0 Å². The third kappa shape index (κ3) is 3.32. The molecule has 5 heteroatoms. The molecule has 3 rings (SSSR count). The quantitative estimate of drug-likeness (QED) is 0.858. The maximum Gasteiger partial charge on any atom is 0.243 e. The number of nitrogens with zero attached hydrogens (tertiary/aromatic N) is 2. The number of benzene rings is 2. The van der Waals surface area contributed by atoms with Crippen LogP contribution in [0.4, 0.5) is 5.69 Å². The minimum atomic E-state index is -3.42. The lowest BCUT2D eigenvalue weighted by Crippen LogP contribution is -2.53. The molecule has 1 heterocycles. The molecule has 1 aliphatic rings. The van der Waals surface area contributed by atoms with Crippen LogP contribution in [-0.4, -0.2) is 38.4 Å². The molecule has 0 aliphatic carbocycles. The molecule has 0 spiro atoms. The molecule has 0 saturated carbocycles. The van der Waals surface area contributed by atoms with Crippen molar-refractivity contribution in [2.75, 3.05) is 24.5 Å². The van der Waals surface area contributed by atoms with Gasteiger partial charge in [-0.15, -0.1) is 0 Å². The molecule has 0 aromatic heterocycles. The van der Waals surface area contributed by atoms with Crippen molar-refractivity contribution in [2.45, 2.75) is 31.7 Å². The number of hydrogen-bond acceptors (Lipinski definition) is 3. The SMILES string of the molecule is Cc1cccc(N2CCN(S(=O)(=O)c3cccc(C)c3)CC2C)c1. The van der Waals surface area contributed by atoms with Crippen LogP contribution in [0.1, 0.15) is 18.1 Å². The fourth-order valence-corrected chi connectivity index (χ4v) is 4.88. The van der Waals surface area contributed by atoms with Crippen LogP contribution in [0.2, 0.25) is 0 Å². The molecule has 1 atom stereocenters. The third-order valence-electron chi connectivity index (χ3n) is 4.55. The topological polar surface area (TPSA) is 40.6 Å². The van der Waals surface area contributed by atoms with Crippen molar-refractivity contribution in [1.29, 1.82) is 0 Å². The van der Waals surface area contributed by atoms with Crippen LogP contribution in [0.3, 0.4) is 0 Å². The summed E-state index contributed by atoms with van der Waals surface area (Å²) in [7, 11) is -3.42. The highest BCUT2D eigenvalue weighted by molar-refractivity contribution is 7.89. The number of aryl methyl sites for hydroxylation is 2. The summed E-state index contributed by atoms with van der Waals surface area (Å²) in [5.41, 5.74) is 3.34.